The van der Waals surface area contributed by atoms with Crippen LogP contribution in [-0.4, -0.2) is 34.4 Å². The first-order valence-corrected chi connectivity index (χ1v) is 8.59. The fraction of sp³-hybridized carbons (Fsp3) is 0.500. The fourth-order valence-electron chi connectivity index (χ4n) is 3.33. The van der Waals surface area contributed by atoms with Crippen LogP contribution in [0.1, 0.15) is 42.0 Å². The summed E-state index contributed by atoms with van der Waals surface area (Å²) in [6, 6.07) is 1.24. The van der Waals surface area contributed by atoms with Gasteiger partial charge >= 0.3 is 0 Å². The molecule has 0 aliphatic carbocycles. The summed E-state index contributed by atoms with van der Waals surface area (Å²) in [6.07, 6.45) is 2.76. The van der Waals surface area contributed by atoms with E-state index in [0.29, 0.717) is 38.4 Å². The number of H-pyrrole nitrogens is 1. The van der Waals surface area contributed by atoms with Gasteiger partial charge in [-0.2, -0.15) is 5.10 Å². The Bertz CT molecular complexity index is 849. The van der Waals surface area contributed by atoms with E-state index in [2.05, 4.69) is 15.5 Å². The molecule has 0 atom stereocenters. The van der Waals surface area contributed by atoms with Crippen molar-refractivity contribution in [2.24, 2.45) is 0 Å². The first kappa shape index (κ1) is 18.2. The Morgan fingerprint density at radius 2 is 2.12 bits per heavy atom. The van der Waals surface area contributed by atoms with Crippen LogP contribution in [0, 0.1) is 13.8 Å². The number of aromatic hydroxyl groups is 1. The van der Waals surface area contributed by atoms with Crippen molar-refractivity contribution in [3.05, 3.63) is 45.3 Å². The number of hydrogen-bond acceptors (Lipinski definition) is 6. The molecule has 1 aliphatic heterocycles. The molecule has 140 valence electrons. The number of nitrogens with zero attached hydrogens (tertiary/aromatic N) is 1. The minimum Gasteiger partial charge on any atom is -0.502 e. The maximum atomic E-state index is 12.6. The second kappa shape index (κ2) is 7.33. The summed E-state index contributed by atoms with van der Waals surface area (Å²) in [5, 5.41) is 19.9. The van der Waals surface area contributed by atoms with E-state index in [1.807, 2.05) is 6.92 Å². The van der Waals surface area contributed by atoms with Crippen molar-refractivity contribution in [1.82, 2.24) is 15.5 Å². The zero-order chi connectivity index (χ0) is 18.7. The van der Waals surface area contributed by atoms with Crippen LogP contribution < -0.4 is 10.7 Å². The summed E-state index contributed by atoms with van der Waals surface area (Å²) in [5.74, 6) is -0.0180. The standard InChI is InChI=1S/C18H23N3O5/c1-11-7-14(22)16(24)17(26-11)18(3-5-25-6-4-18)8-15(23)19-9-13-10-20-21-12(13)2/h7,10,24H,3-6,8-9H2,1-2H3,(H,19,23)(H,20,21). The Morgan fingerprint density at radius 1 is 1.38 bits per heavy atom. The molecule has 0 saturated carbocycles. The van der Waals surface area contributed by atoms with Gasteiger partial charge in [-0.1, -0.05) is 0 Å². The molecular weight excluding hydrogens is 338 g/mol. The van der Waals surface area contributed by atoms with Gasteiger partial charge in [-0.05, 0) is 26.7 Å². The van der Waals surface area contributed by atoms with E-state index in [1.54, 1.807) is 13.1 Å². The van der Waals surface area contributed by atoms with Gasteiger partial charge in [-0.15, -0.1) is 0 Å². The lowest BCUT2D eigenvalue weighted by atomic mass is 9.74. The molecule has 0 spiro atoms. The van der Waals surface area contributed by atoms with Crippen molar-refractivity contribution in [3.8, 4) is 5.75 Å². The van der Waals surface area contributed by atoms with Gasteiger partial charge < -0.3 is 19.6 Å². The lowest BCUT2D eigenvalue weighted by Crippen LogP contribution is -2.40. The predicted octanol–water partition coefficient (Wildman–Crippen LogP) is 1.44. The maximum Gasteiger partial charge on any atom is 0.227 e. The molecule has 1 amide bonds. The molecule has 2 aromatic rings. The summed E-state index contributed by atoms with van der Waals surface area (Å²) < 4.78 is 11.1. The van der Waals surface area contributed by atoms with Crippen LogP contribution in [0.2, 0.25) is 0 Å². The summed E-state index contributed by atoms with van der Waals surface area (Å²) in [4.78, 5) is 24.6. The van der Waals surface area contributed by atoms with E-state index >= 15 is 0 Å². The normalized spacial score (nSPS) is 16.4. The molecule has 3 heterocycles. The second-order valence-electron chi connectivity index (χ2n) is 6.77. The number of carbonyl (C=O) groups is 1. The van der Waals surface area contributed by atoms with E-state index in [-0.39, 0.29) is 18.1 Å². The Kier molecular flexibility index (Phi) is 5.13. The third kappa shape index (κ3) is 3.65. The van der Waals surface area contributed by atoms with Crippen LogP contribution >= 0.6 is 0 Å². The van der Waals surface area contributed by atoms with E-state index in [0.717, 1.165) is 11.3 Å². The van der Waals surface area contributed by atoms with Gasteiger partial charge in [0.25, 0.3) is 0 Å². The number of hydrogen-bond donors (Lipinski definition) is 3. The molecule has 8 nitrogen and oxygen atoms in total. The number of ether oxygens (including phenoxy) is 1. The predicted molar refractivity (Wildman–Crippen MR) is 92.9 cm³/mol. The summed E-state index contributed by atoms with van der Waals surface area (Å²) >= 11 is 0. The van der Waals surface area contributed by atoms with Crippen LogP contribution in [-0.2, 0) is 21.5 Å². The summed E-state index contributed by atoms with van der Waals surface area (Å²) in [5.41, 5.74) is 0.546. The number of aromatic nitrogens is 2. The van der Waals surface area contributed by atoms with E-state index in [9.17, 15) is 14.7 Å². The number of aryl methyl sites for hydroxylation is 2. The molecule has 26 heavy (non-hydrogen) atoms. The zero-order valence-electron chi connectivity index (χ0n) is 14.9. The average molecular weight is 361 g/mol. The highest BCUT2D eigenvalue weighted by Gasteiger charge is 2.41. The molecule has 0 aromatic carbocycles. The molecule has 1 aliphatic rings. The number of amides is 1. The summed E-state index contributed by atoms with van der Waals surface area (Å²) in [7, 11) is 0. The highest BCUT2D eigenvalue weighted by atomic mass is 16.5. The third-order valence-electron chi connectivity index (χ3n) is 4.89. The molecule has 0 bridgehead atoms. The Labute approximate surface area is 150 Å². The van der Waals surface area contributed by atoms with Gasteiger partial charge in [0, 0.05) is 48.9 Å². The second-order valence-corrected chi connectivity index (χ2v) is 6.77. The fourth-order valence-corrected chi connectivity index (χ4v) is 3.33. The lowest BCUT2D eigenvalue weighted by Gasteiger charge is -2.35. The van der Waals surface area contributed by atoms with Crippen molar-refractivity contribution in [2.75, 3.05) is 13.2 Å². The Balaban J connectivity index is 1.83. The number of aromatic amines is 1. The van der Waals surface area contributed by atoms with Gasteiger partial charge in [-0.3, -0.25) is 14.7 Å². The first-order valence-electron chi connectivity index (χ1n) is 8.59. The van der Waals surface area contributed by atoms with E-state index < -0.39 is 16.6 Å². The largest absolute Gasteiger partial charge is 0.502 e. The molecular formula is C18H23N3O5. The third-order valence-corrected chi connectivity index (χ3v) is 4.89. The monoisotopic (exact) mass is 361 g/mol. The first-order chi connectivity index (χ1) is 12.4. The van der Waals surface area contributed by atoms with Crippen LogP contribution in [0.3, 0.4) is 0 Å². The van der Waals surface area contributed by atoms with Gasteiger partial charge in [0.15, 0.2) is 5.76 Å². The summed E-state index contributed by atoms with van der Waals surface area (Å²) in [6.45, 7) is 4.76. The van der Waals surface area contributed by atoms with Crippen molar-refractivity contribution in [3.63, 3.8) is 0 Å². The van der Waals surface area contributed by atoms with E-state index in [4.69, 9.17) is 9.15 Å². The van der Waals surface area contributed by atoms with Crippen LogP contribution in [0.25, 0.3) is 0 Å². The van der Waals surface area contributed by atoms with Gasteiger partial charge in [-0.25, -0.2) is 0 Å². The van der Waals surface area contributed by atoms with Crippen molar-refractivity contribution >= 4 is 5.91 Å². The molecule has 3 N–H and O–H groups in total. The van der Waals surface area contributed by atoms with Crippen LogP contribution in [0.4, 0.5) is 0 Å². The Morgan fingerprint density at radius 3 is 2.77 bits per heavy atom. The number of nitrogens with one attached hydrogen (secondary N) is 2. The van der Waals surface area contributed by atoms with Gasteiger partial charge in [0.2, 0.25) is 17.1 Å². The maximum absolute atomic E-state index is 12.6. The SMILES string of the molecule is Cc1cc(=O)c(O)c(C2(CC(=O)NCc3cn[nH]c3C)CCOCC2)o1. The quantitative estimate of drug-likeness (QED) is 0.742. The lowest BCUT2D eigenvalue weighted by molar-refractivity contribution is -0.123. The number of rotatable bonds is 5. The molecule has 1 fully saturated rings. The molecule has 2 aromatic heterocycles. The van der Waals surface area contributed by atoms with E-state index in [1.165, 1.54) is 6.07 Å². The van der Waals surface area contributed by atoms with Crippen LogP contribution in [0.15, 0.2) is 21.5 Å². The molecule has 8 heteroatoms. The Hall–Kier alpha value is -2.61. The zero-order valence-corrected chi connectivity index (χ0v) is 14.9. The molecule has 0 unspecified atom stereocenters. The van der Waals surface area contributed by atoms with Crippen LogP contribution in [0.5, 0.6) is 5.75 Å². The average Bonchev–Trinajstić information content (AvgIpc) is 3.02. The smallest absolute Gasteiger partial charge is 0.227 e. The van der Waals surface area contributed by atoms with Crippen molar-refractivity contribution in [2.45, 2.75) is 45.1 Å². The van der Waals surface area contributed by atoms with Gasteiger partial charge in [0.05, 0.1) is 6.20 Å². The molecule has 3 rings (SSSR count). The highest BCUT2D eigenvalue weighted by Crippen LogP contribution is 2.41. The van der Waals surface area contributed by atoms with Gasteiger partial charge in [0.1, 0.15) is 5.76 Å². The topological polar surface area (TPSA) is 117 Å². The minimum absolute atomic E-state index is 0.104. The minimum atomic E-state index is -0.761. The number of carbonyl (C=O) groups excluding carboxylic acids is 1. The van der Waals surface area contributed by atoms with Crippen molar-refractivity contribution in [1.29, 1.82) is 0 Å². The molecule has 1 saturated heterocycles. The van der Waals surface area contributed by atoms with Crippen molar-refractivity contribution < 1.29 is 19.1 Å². The highest BCUT2D eigenvalue weighted by molar-refractivity contribution is 5.77. The molecule has 0 radical (unpaired) electrons.